The summed E-state index contributed by atoms with van der Waals surface area (Å²) in [6, 6.07) is 21.9. The number of nitrogens with two attached hydrogens (primary N) is 1. The van der Waals surface area contributed by atoms with Gasteiger partial charge in [-0.1, -0.05) is 54.6 Å². The minimum Gasteiger partial charge on any atom is -0.457 e. The number of nitro benzene ring substituents is 1. The highest BCUT2D eigenvalue weighted by Gasteiger charge is 2.57. The predicted octanol–water partition coefficient (Wildman–Crippen LogP) is 4.43. The summed E-state index contributed by atoms with van der Waals surface area (Å²) in [5.74, 6) is -4.49. The van der Waals surface area contributed by atoms with Crippen LogP contribution in [0.15, 0.2) is 108 Å². The quantitative estimate of drug-likeness (QED) is 0.101. The fourth-order valence-corrected chi connectivity index (χ4v) is 7.40. The van der Waals surface area contributed by atoms with Crippen LogP contribution in [0.1, 0.15) is 34.3 Å². The van der Waals surface area contributed by atoms with E-state index in [9.17, 15) is 37.7 Å². The van der Waals surface area contributed by atoms with Crippen LogP contribution in [0.2, 0.25) is 0 Å². The third-order valence-corrected chi connectivity index (χ3v) is 9.93. The number of rotatable bonds is 11. The molecule has 0 spiro atoms. The Morgan fingerprint density at radius 1 is 0.940 bits per heavy atom. The molecule has 1 heterocycles. The Kier molecular flexibility index (Phi) is 10.3. The summed E-state index contributed by atoms with van der Waals surface area (Å²) >= 11 is 0. The molecule has 1 saturated heterocycles. The summed E-state index contributed by atoms with van der Waals surface area (Å²) in [4.78, 5) is 63.1. The van der Waals surface area contributed by atoms with Crippen molar-refractivity contribution in [3.8, 4) is 0 Å². The maximum absolute atomic E-state index is 15.4. The van der Waals surface area contributed by atoms with Crippen molar-refractivity contribution < 1.29 is 46.4 Å². The van der Waals surface area contributed by atoms with Crippen molar-refractivity contribution in [1.82, 2.24) is 4.31 Å². The minimum atomic E-state index is -4.65. The van der Waals surface area contributed by atoms with Crippen LogP contribution < -0.4 is 10.6 Å². The fraction of sp³-hybridized carbons (Fsp3) is 0.176. The number of urea groups is 1. The molecule has 2 amide bonds. The van der Waals surface area contributed by atoms with Gasteiger partial charge in [-0.25, -0.2) is 32.0 Å². The molecular formula is C34H29FN4O10S. The van der Waals surface area contributed by atoms with E-state index in [1.807, 2.05) is 0 Å². The van der Waals surface area contributed by atoms with Crippen LogP contribution in [-0.2, 0) is 41.2 Å². The number of halogens is 1. The van der Waals surface area contributed by atoms with Gasteiger partial charge in [-0.3, -0.25) is 15.0 Å². The number of nitrogens with zero attached hydrogens (tertiary/aromatic N) is 3. The number of hydrogen-bond donors (Lipinski definition) is 1. The van der Waals surface area contributed by atoms with Gasteiger partial charge < -0.3 is 15.2 Å². The van der Waals surface area contributed by atoms with Gasteiger partial charge in [-0.15, -0.1) is 0 Å². The molecule has 0 saturated carbocycles. The third-order valence-electron chi connectivity index (χ3n) is 7.98. The number of benzene rings is 4. The normalized spacial score (nSPS) is 15.9. The lowest BCUT2D eigenvalue weighted by Gasteiger charge is -2.35. The summed E-state index contributed by atoms with van der Waals surface area (Å²) in [5, 5.41) is 11.1. The summed E-state index contributed by atoms with van der Waals surface area (Å²) in [7, 11) is -4.65. The van der Waals surface area contributed by atoms with Crippen LogP contribution in [0.3, 0.4) is 0 Å². The molecule has 1 fully saturated rings. The number of non-ortho nitro benzene ring substituents is 1. The molecule has 50 heavy (non-hydrogen) atoms. The highest BCUT2D eigenvalue weighted by molar-refractivity contribution is 7.89. The van der Waals surface area contributed by atoms with Crippen molar-refractivity contribution in [2.24, 2.45) is 5.73 Å². The van der Waals surface area contributed by atoms with Crippen molar-refractivity contribution in [3.63, 3.8) is 0 Å². The molecule has 0 radical (unpaired) electrons. The number of carbonyl (C=O) groups is 4. The smallest absolute Gasteiger partial charge is 0.340 e. The number of sulfonamides is 1. The van der Waals surface area contributed by atoms with Crippen molar-refractivity contribution in [2.75, 3.05) is 18.0 Å². The van der Waals surface area contributed by atoms with Crippen LogP contribution in [0.4, 0.5) is 20.6 Å². The number of esters is 3. The second-order valence-electron chi connectivity index (χ2n) is 11.1. The summed E-state index contributed by atoms with van der Waals surface area (Å²) in [5.41, 5.74) is 3.12. The maximum Gasteiger partial charge on any atom is 0.340 e. The van der Waals surface area contributed by atoms with E-state index in [0.717, 1.165) is 40.8 Å². The topological polar surface area (TPSA) is 197 Å². The van der Waals surface area contributed by atoms with Crippen LogP contribution in [0, 0.1) is 15.9 Å². The van der Waals surface area contributed by atoms with Crippen LogP contribution in [-0.4, -0.2) is 54.7 Å². The first kappa shape index (κ1) is 35.3. The van der Waals surface area contributed by atoms with Gasteiger partial charge >= 0.3 is 23.9 Å². The molecule has 1 atom stereocenters. The number of ether oxygens (including phenoxy) is 2. The molecule has 14 nitrogen and oxygen atoms in total. The molecule has 4 aromatic carbocycles. The highest BCUT2D eigenvalue weighted by atomic mass is 32.2. The zero-order valence-corrected chi connectivity index (χ0v) is 27.0. The van der Waals surface area contributed by atoms with Gasteiger partial charge in [0.25, 0.3) is 5.69 Å². The van der Waals surface area contributed by atoms with Gasteiger partial charge in [0.05, 0.1) is 15.4 Å². The highest BCUT2D eigenvalue weighted by Crippen LogP contribution is 2.44. The Labute approximate surface area is 285 Å². The number of anilines is 1. The maximum atomic E-state index is 15.4. The summed E-state index contributed by atoms with van der Waals surface area (Å²) in [6.07, 6.45) is -0.247. The Morgan fingerprint density at radius 2 is 1.62 bits per heavy atom. The van der Waals surface area contributed by atoms with E-state index in [-0.39, 0.29) is 42.9 Å². The lowest BCUT2D eigenvalue weighted by atomic mass is 9.88. The fourth-order valence-electron chi connectivity index (χ4n) is 5.62. The van der Waals surface area contributed by atoms with E-state index in [2.05, 4.69) is 0 Å². The monoisotopic (exact) mass is 704 g/mol. The van der Waals surface area contributed by atoms with Gasteiger partial charge in [0, 0.05) is 29.9 Å². The molecule has 1 aliphatic rings. The van der Waals surface area contributed by atoms with Crippen molar-refractivity contribution in [3.05, 3.63) is 136 Å². The Bertz CT molecular complexity index is 2060. The summed E-state index contributed by atoms with van der Waals surface area (Å²) in [6.45, 7) is -1.28. The molecule has 1 unspecified atom stereocenters. The van der Waals surface area contributed by atoms with Crippen molar-refractivity contribution in [1.29, 1.82) is 0 Å². The predicted molar refractivity (Wildman–Crippen MR) is 174 cm³/mol. The Morgan fingerprint density at radius 3 is 2.28 bits per heavy atom. The first-order valence-corrected chi connectivity index (χ1v) is 16.4. The van der Waals surface area contributed by atoms with Crippen molar-refractivity contribution in [2.45, 2.75) is 29.9 Å². The molecule has 258 valence electrons. The van der Waals surface area contributed by atoms with Gasteiger partial charge in [-0.2, -0.15) is 4.31 Å². The molecular weight excluding hydrogens is 675 g/mol. The molecule has 4 aromatic rings. The Hall–Kier alpha value is -6.00. The van der Waals surface area contributed by atoms with Crippen LogP contribution in [0.5, 0.6) is 0 Å². The van der Waals surface area contributed by atoms with E-state index < -0.39 is 67.2 Å². The molecule has 5 rings (SSSR count). The number of primary amides is 1. The molecule has 0 aromatic heterocycles. The van der Waals surface area contributed by atoms with Gasteiger partial charge in [0.2, 0.25) is 10.0 Å². The van der Waals surface area contributed by atoms with E-state index >= 15 is 4.39 Å². The standard InChI is InChI=1S/C34H29FN4O10S/c35-29-13-5-4-12-28(29)34(18-7-19-38(34)50(46,47)27-16-14-25(15-17-27)39(44)45)32(42)49-30(40)21-37(33(36)43)26-11-6-10-24(20-26)31(41)48-22-23-8-2-1-3-9-23/h1-6,8-17,20H,7,18-19,21-22H2,(H2,36,43). The number of hydrogen-bond acceptors (Lipinski definition) is 10. The first-order valence-electron chi connectivity index (χ1n) is 15.0. The van der Waals surface area contributed by atoms with Gasteiger partial charge in [0.1, 0.15) is 19.0 Å². The number of amides is 2. The van der Waals surface area contributed by atoms with E-state index in [1.165, 1.54) is 42.5 Å². The van der Waals surface area contributed by atoms with E-state index in [1.54, 1.807) is 30.3 Å². The second kappa shape index (κ2) is 14.6. The van der Waals surface area contributed by atoms with E-state index in [0.29, 0.717) is 4.31 Å². The van der Waals surface area contributed by atoms with Crippen molar-refractivity contribution >= 4 is 45.3 Å². The molecule has 1 aliphatic heterocycles. The largest absolute Gasteiger partial charge is 0.457 e. The molecule has 2 N–H and O–H groups in total. The zero-order valence-electron chi connectivity index (χ0n) is 26.1. The SMILES string of the molecule is NC(=O)N(CC(=O)OC(=O)C1(c2ccccc2F)CCCN1S(=O)(=O)c1ccc([N+](=O)[O-])cc1)c1cccc(C(=O)OCc2ccccc2)c1. The molecule has 0 aliphatic carbocycles. The van der Waals surface area contributed by atoms with Gasteiger partial charge in [0.15, 0.2) is 5.54 Å². The van der Waals surface area contributed by atoms with Crippen LogP contribution in [0.25, 0.3) is 0 Å². The number of carbonyl (C=O) groups excluding carboxylic acids is 4. The lowest BCUT2D eigenvalue weighted by Crippen LogP contribution is -2.53. The zero-order chi connectivity index (χ0) is 36.1. The molecule has 16 heteroatoms. The third kappa shape index (κ3) is 7.20. The first-order chi connectivity index (χ1) is 23.8. The Balaban J connectivity index is 1.40. The van der Waals surface area contributed by atoms with Gasteiger partial charge in [-0.05, 0) is 54.8 Å². The summed E-state index contributed by atoms with van der Waals surface area (Å²) < 4.78 is 54.4. The van der Waals surface area contributed by atoms with Crippen LogP contribution >= 0.6 is 0 Å². The lowest BCUT2D eigenvalue weighted by molar-refractivity contribution is -0.384. The minimum absolute atomic E-state index is 0.0191. The second-order valence-corrected chi connectivity index (χ2v) is 12.9. The average Bonchev–Trinajstić information content (AvgIpc) is 3.57. The average molecular weight is 705 g/mol. The molecule has 0 bridgehead atoms. The van der Waals surface area contributed by atoms with E-state index in [4.69, 9.17) is 15.2 Å². The number of nitro groups is 1.